The highest BCUT2D eigenvalue weighted by Crippen LogP contribution is 2.31. The number of carbonyl (C=O) groups excluding carboxylic acids is 1. The van der Waals surface area contributed by atoms with Gasteiger partial charge in [-0.15, -0.1) is 0 Å². The first-order valence-electron chi connectivity index (χ1n) is 6.17. The van der Waals surface area contributed by atoms with Crippen molar-refractivity contribution in [1.82, 2.24) is 4.98 Å². The molecule has 5 heteroatoms. The SMILES string of the molecule is C=CC(=O)Oc1ccc(-c2nc3ccccc3o2)cc1Br. The molecule has 1 heterocycles. The molecule has 0 amide bonds. The number of rotatable bonds is 3. The summed E-state index contributed by atoms with van der Waals surface area (Å²) in [4.78, 5) is 15.6. The Balaban J connectivity index is 1.97. The van der Waals surface area contributed by atoms with Crippen molar-refractivity contribution in [2.75, 3.05) is 0 Å². The van der Waals surface area contributed by atoms with Crippen molar-refractivity contribution < 1.29 is 13.9 Å². The Bertz CT molecular complexity index is 805. The maximum atomic E-state index is 11.2. The molecule has 0 saturated carbocycles. The summed E-state index contributed by atoms with van der Waals surface area (Å²) in [5.41, 5.74) is 2.31. The van der Waals surface area contributed by atoms with Crippen molar-refractivity contribution in [3.8, 4) is 17.2 Å². The van der Waals surface area contributed by atoms with E-state index in [1.807, 2.05) is 24.3 Å². The van der Waals surface area contributed by atoms with E-state index < -0.39 is 5.97 Å². The summed E-state index contributed by atoms with van der Waals surface area (Å²) in [5.74, 6) is 0.420. The van der Waals surface area contributed by atoms with E-state index in [0.29, 0.717) is 16.1 Å². The number of benzene rings is 2. The van der Waals surface area contributed by atoms with Crippen LogP contribution in [0.15, 0.2) is 64.0 Å². The van der Waals surface area contributed by atoms with E-state index in [0.717, 1.165) is 22.7 Å². The zero-order chi connectivity index (χ0) is 14.8. The molecule has 0 aliphatic carbocycles. The first-order valence-corrected chi connectivity index (χ1v) is 6.96. The van der Waals surface area contributed by atoms with Gasteiger partial charge in [-0.05, 0) is 46.3 Å². The molecule has 0 fully saturated rings. The molecule has 3 aromatic rings. The molecule has 0 atom stereocenters. The number of hydrogen-bond donors (Lipinski definition) is 0. The fourth-order valence-corrected chi connectivity index (χ4v) is 2.32. The maximum Gasteiger partial charge on any atom is 0.335 e. The van der Waals surface area contributed by atoms with Gasteiger partial charge in [0.15, 0.2) is 5.58 Å². The summed E-state index contributed by atoms with van der Waals surface area (Å²) in [6.07, 6.45) is 1.11. The molecular weight excluding hydrogens is 334 g/mol. The smallest absolute Gasteiger partial charge is 0.335 e. The van der Waals surface area contributed by atoms with Crippen LogP contribution < -0.4 is 4.74 Å². The number of hydrogen-bond acceptors (Lipinski definition) is 4. The number of halogens is 1. The molecule has 104 valence electrons. The maximum absolute atomic E-state index is 11.2. The molecule has 0 N–H and O–H groups in total. The summed E-state index contributed by atoms with van der Waals surface area (Å²) >= 11 is 3.36. The number of para-hydroxylation sites is 2. The van der Waals surface area contributed by atoms with Crippen LogP contribution in [0.1, 0.15) is 0 Å². The van der Waals surface area contributed by atoms with E-state index in [4.69, 9.17) is 9.15 Å². The van der Waals surface area contributed by atoms with E-state index in [1.54, 1.807) is 18.2 Å². The number of fused-ring (bicyclic) bond motifs is 1. The Morgan fingerprint density at radius 3 is 2.81 bits per heavy atom. The number of ether oxygens (including phenoxy) is 1. The highest BCUT2D eigenvalue weighted by Gasteiger charge is 2.11. The minimum absolute atomic E-state index is 0.416. The molecule has 21 heavy (non-hydrogen) atoms. The van der Waals surface area contributed by atoms with Gasteiger partial charge >= 0.3 is 5.97 Å². The van der Waals surface area contributed by atoms with Gasteiger partial charge in [0.2, 0.25) is 5.89 Å². The lowest BCUT2D eigenvalue weighted by atomic mass is 10.2. The number of aromatic nitrogens is 1. The van der Waals surface area contributed by atoms with E-state index in [-0.39, 0.29) is 0 Å². The van der Waals surface area contributed by atoms with Crippen LogP contribution in [0.4, 0.5) is 0 Å². The van der Waals surface area contributed by atoms with E-state index >= 15 is 0 Å². The summed E-state index contributed by atoms with van der Waals surface area (Å²) in [6, 6.07) is 12.8. The Kier molecular flexibility index (Phi) is 3.58. The van der Waals surface area contributed by atoms with E-state index in [9.17, 15) is 4.79 Å². The predicted octanol–water partition coefficient (Wildman–Crippen LogP) is 4.35. The van der Waals surface area contributed by atoms with Gasteiger partial charge in [-0.3, -0.25) is 0 Å². The highest BCUT2D eigenvalue weighted by molar-refractivity contribution is 9.10. The van der Waals surface area contributed by atoms with Gasteiger partial charge in [0.25, 0.3) is 0 Å². The minimum Gasteiger partial charge on any atom is -0.436 e. The minimum atomic E-state index is -0.509. The second kappa shape index (κ2) is 5.54. The molecule has 4 nitrogen and oxygen atoms in total. The van der Waals surface area contributed by atoms with E-state index in [1.165, 1.54) is 0 Å². The third-order valence-corrected chi connectivity index (χ3v) is 3.47. The molecule has 3 rings (SSSR count). The van der Waals surface area contributed by atoms with Gasteiger partial charge in [-0.2, -0.15) is 0 Å². The van der Waals surface area contributed by atoms with Crippen LogP contribution in [0.5, 0.6) is 5.75 Å². The van der Waals surface area contributed by atoms with Gasteiger partial charge < -0.3 is 9.15 Å². The fourth-order valence-electron chi connectivity index (χ4n) is 1.86. The summed E-state index contributed by atoms with van der Waals surface area (Å²) in [6.45, 7) is 3.36. The number of carbonyl (C=O) groups is 1. The fraction of sp³-hybridized carbons (Fsp3) is 0. The van der Waals surface area contributed by atoms with Crippen molar-refractivity contribution in [2.24, 2.45) is 0 Å². The lowest BCUT2D eigenvalue weighted by molar-refractivity contribution is -0.129. The van der Waals surface area contributed by atoms with Crippen molar-refractivity contribution >= 4 is 33.0 Å². The topological polar surface area (TPSA) is 52.3 Å². The average Bonchev–Trinajstić information content (AvgIpc) is 2.93. The molecule has 2 aromatic carbocycles. The second-order valence-corrected chi connectivity index (χ2v) is 5.11. The van der Waals surface area contributed by atoms with Crippen LogP contribution in [0.2, 0.25) is 0 Å². The average molecular weight is 344 g/mol. The molecule has 0 radical (unpaired) electrons. The standard InChI is InChI=1S/C16H10BrNO3/c1-2-15(19)20-13-8-7-10(9-11(13)17)16-18-12-5-3-4-6-14(12)21-16/h2-9H,1H2. The van der Waals surface area contributed by atoms with Gasteiger partial charge in [-0.1, -0.05) is 18.7 Å². The Labute approximate surface area is 129 Å². The van der Waals surface area contributed by atoms with Gasteiger partial charge in [0, 0.05) is 11.6 Å². The lowest BCUT2D eigenvalue weighted by Crippen LogP contribution is -2.03. The molecule has 1 aromatic heterocycles. The van der Waals surface area contributed by atoms with Crippen molar-refractivity contribution in [2.45, 2.75) is 0 Å². The Hall–Kier alpha value is -2.40. The van der Waals surface area contributed by atoms with Crippen LogP contribution in [-0.2, 0) is 4.79 Å². The van der Waals surface area contributed by atoms with Crippen LogP contribution >= 0.6 is 15.9 Å². The largest absolute Gasteiger partial charge is 0.436 e. The zero-order valence-corrected chi connectivity index (χ0v) is 12.5. The first kappa shape index (κ1) is 13.6. The van der Waals surface area contributed by atoms with Gasteiger partial charge in [0.05, 0.1) is 4.47 Å². The normalized spacial score (nSPS) is 10.5. The van der Waals surface area contributed by atoms with Crippen molar-refractivity contribution in [3.63, 3.8) is 0 Å². The third-order valence-electron chi connectivity index (χ3n) is 2.85. The Morgan fingerprint density at radius 2 is 2.10 bits per heavy atom. The molecule has 0 saturated heterocycles. The quantitative estimate of drug-likeness (QED) is 0.403. The molecule has 0 aliphatic heterocycles. The monoisotopic (exact) mass is 343 g/mol. The Morgan fingerprint density at radius 1 is 1.29 bits per heavy atom. The number of nitrogens with zero attached hydrogens (tertiary/aromatic N) is 1. The van der Waals surface area contributed by atoms with Gasteiger partial charge in [0.1, 0.15) is 11.3 Å². The molecule has 0 unspecified atom stereocenters. The second-order valence-electron chi connectivity index (χ2n) is 4.26. The predicted molar refractivity (Wildman–Crippen MR) is 83.0 cm³/mol. The molecular formula is C16H10BrNO3. The summed E-state index contributed by atoms with van der Waals surface area (Å²) in [7, 11) is 0. The summed E-state index contributed by atoms with van der Waals surface area (Å²) < 4.78 is 11.4. The zero-order valence-electron chi connectivity index (χ0n) is 10.9. The van der Waals surface area contributed by atoms with Crippen LogP contribution in [0.25, 0.3) is 22.6 Å². The van der Waals surface area contributed by atoms with Crippen LogP contribution in [-0.4, -0.2) is 11.0 Å². The third kappa shape index (κ3) is 2.73. The number of oxazole rings is 1. The molecule has 0 spiro atoms. The van der Waals surface area contributed by atoms with Gasteiger partial charge in [-0.25, -0.2) is 9.78 Å². The molecule has 0 bridgehead atoms. The van der Waals surface area contributed by atoms with Crippen LogP contribution in [0.3, 0.4) is 0 Å². The van der Waals surface area contributed by atoms with E-state index in [2.05, 4.69) is 27.5 Å². The van der Waals surface area contributed by atoms with Crippen LogP contribution in [0, 0.1) is 0 Å². The molecule has 0 aliphatic rings. The first-order chi connectivity index (χ1) is 10.2. The van der Waals surface area contributed by atoms with Crippen molar-refractivity contribution in [1.29, 1.82) is 0 Å². The number of esters is 1. The van der Waals surface area contributed by atoms with Crippen molar-refractivity contribution in [3.05, 3.63) is 59.6 Å². The highest BCUT2D eigenvalue weighted by atomic mass is 79.9. The lowest BCUT2D eigenvalue weighted by Gasteiger charge is -2.05. The summed E-state index contributed by atoms with van der Waals surface area (Å²) in [5, 5.41) is 0.